The molecule has 130 valence electrons. The van der Waals surface area contributed by atoms with Crippen LogP contribution in [0.15, 0.2) is 53.3 Å². The molecular weight excluding hydrogens is 399 g/mol. The first-order chi connectivity index (χ1) is 11.8. The maximum absolute atomic E-state index is 12.9. The lowest BCUT2D eigenvalue weighted by atomic mass is 10.1. The normalized spacial score (nSPS) is 11.7. The summed E-state index contributed by atoms with van der Waals surface area (Å²) in [6.45, 7) is -0.187. The zero-order valence-corrected chi connectivity index (χ0v) is 14.4. The maximum Gasteiger partial charge on any atom is 0.416 e. The first-order valence-electron chi connectivity index (χ1n) is 7.38. The van der Waals surface area contributed by atoms with E-state index in [2.05, 4.69) is 26.2 Å². The lowest BCUT2D eigenvalue weighted by Crippen LogP contribution is -2.26. The molecule has 0 unspecified atom stereocenters. The third-order valence-electron chi connectivity index (χ3n) is 3.61. The Morgan fingerprint density at radius 3 is 2.68 bits per heavy atom. The van der Waals surface area contributed by atoms with Crippen molar-refractivity contribution in [3.05, 3.63) is 70.1 Å². The number of aromatic nitrogens is 2. The number of rotatable bonds is 4. The molecule has 0 aliphatic heterocycles. The molecule has 0 saturated carbocycles. The van der Waals surface area contributed by atoms with Gasteiger partial charge in [-0.1, -0.05) is 18.2 Å². The number of hydrogen-bond acceptors (Lipinski definition) is 2. The highest BCUT2D eigenvalue weighted by Crippen LogP contribution is 2.31. The summed E-state index contributed by atoms with van der Waals surface area (Å²) in [5, 5.41) is 2.52. The van der Waals surface area contributed by atoms with E-state index in [9.17, 15) is 18.0 Å². The second kappa shape index (κ2) is 6.87. The van der Waals surface area contributed by atoms with Gasteiger partial charge in [-0.2, -0.15) is 13.2 Å². The number of benzene rings is 1. The van der Waals surface area contributed by atoms with Crippen molar-refractivity contribution in [1.82, 2.24) is 14.7 Å². The van der Waals surface area contributed by atoms with E-state index in [0.717, 1.165) is 10.5 Å². The van der Waals surface area contributed by atoms with E-state index < -0.39 is 11.7 Å². The molecule has 2 heterocycles. The summed E-state index contributed by atoms with van der Waals surface area (Å²) < 4.78 is 41.5. The molecule has 0 atom stereocenters. The zero-order chi connectivity index (χ0) is 18.0. The van der Waals surface area contributed by atoms with Gasteiger partial charge in [-0.05, 0) is 39.7 Å². The number of fused-ring (bicyclic) bond motifs is 1. The lowest BCUT2D eigenvalue weighted by Gasteiger charge is -2.13. The van der Waals surface area contributed by atoms with Gasteiger partial charge in [0.15, 0.2) is 0 Å². The fraction of sp³-hybridized carbons (Fsp3) is 0.176. The van der Waals surface area contributed by atoms with Crippen molar-refractivity contribution < 1.29 is 18.0 Å². The van der Waals surface area contributed by atoms with Crippen LogP contribution in [0, 0.1) is 0 Å². The number of amides is 1. The Morgan fingerprint density at radius 1 is 1.16 bits per heavy atom. The van der Waals surface area contributed by atoms with Gasteiger partial charge in [-0.25, -0.2) is 4.98 Å². The minimum absolute atomic E-state index is 0.00646. The first-order valence-corrected chi connectivity index (χ1v) is 8.17. The fourth-order valence-electron chi connectivity index (χ4n) is 2.47. The van der Waals surface area contributed by atoms with Crippen molar-refractivity contribution >= 4 is 27.5 Å². The average molecular weight is 412 g/mol. The van der Waals surface area contributed by atoms with Crippen LogP contribution in [-0.2, 0) is 23.9 Å². The van der Waals surface area contributed by atoms with Gasteiger partial charge in [-0.3, -0.25) is 4.79 Å². The Labute approximate surface area is 149 Å². The van der Waals surface area contributed by atoms with Gasteiger partial charge in [0.1, 0.15) is 5.65 Å². The summed E-state index contributed by atoms with van der Waals surface area (Å²) in [5.41, 5.74) is 0.517. The number of nitrogens with zero attached hydrogens (tertiary/aromatic N) is 2. The first kappa shape index (κ1) is 17.5. The Balaban J connectivity index is 1.67. The van der Waals surface area contributed by atoms with Gasteiger partial charge in [0.25, 0.3) is 0 Å². The number of pyridine rings is 1. The van der Waals surface area contributed by atoms with Crippen molar-refractivity contribution in [2.75, 3.05) is 0 Å². The predicted molar refractivity (Wildman–Crippen MR) is 89.9 cm³/mol. The third-order valence-corrected chi connectivity index (χ3v) is 4.07. The molecule has 2 aromatic heterocycles. The predicted octanol–water partition coefficient (Wildman–Crippen LogP) is 3.97. The highest BCUT2D eigenvalue weighted by molar-refractivity contribution is 9.10. The molecule has 25 heavy (non-hydrogen) atoms. The standard InChI is InChI=1S/C17H13BrF3N3O/c18-12-5-6-15-23-13(10-24(15)9-12)7-16(25)22-8-11-3-1-2-4-14(11)17(19,20)21/h1-6,9-10H,7-8H2,(H,22,25). The van der Waals surface area contributed by atoms with Crippen LogP contribution < -0.4 is 5.32 Å². The van der Waals surface area contributed by atoms with Gasteiger partial charge >= 0.3 is 6.18 Å². The molecular formula is C17H13BrF3N3O. The van der Waals surface area contributed by atoms with E-state index in [4.69, 9.17) is 0 Å². The van der Waals surface area contributed by atoms with Gasteiger partial charge in [-0.15, -0.1) is 0 Å². The molecule has 0 spiro atoms. The molecule has 3 rings (SSSR count). The fourth-order valence-corrected chi connectivity index (χ4v) is 2.83. The summed E-state index contributed by atoms with van der Waals surface area (Å²) in [6.07, 6.45) is -0.934. The third kappa shape index (κ3) is 4.19. The number of carbonyl (C=O) groups is 1. The van der Waals surface area contributed by atoms with Crippen LogP contribution >= 0.6 is 15.9 Å². The number of halogens is 4. The molecule has 1 N–H and O–H groups in total. The Bertz CT molecular complexity index is 921. The van der Waals surface area contributed by atoms with Crippen molar-refractivity contribution in [2.24, 2.45) is 0 Å². The number of hydrogen-bond donors (Lipinski definition) is 1. The summed E-state index contributed by atoms with van der Waals surface area (Å²) in [7, 11) is 0. The summed E-state index contributed by atoms with van der Waals surface area (Å²) in [5.74, 6) is -0.389. The van der Waals surface area contributed by atoms with Crippen LogP contribution in [0.1, 0.15) is 16.8 Å². The van der Waals surface area contributed by atoms with Crippen LogP contribution in [0.3, 0.4) is 0 Å². The molecule has 3 aromatic rings. The topological polar surface area (TPSA) is 46.4 Å². The Hall–Kier alpha value is -2.35. The number of carbonyl (C=O) groups excluding carboxylic acids is 1. The smallest absolute Gasteiger partial charge is 0.352 e. The van der Waals surface area contributed by atoms with E-state index in [1.54, 1.807) is 16.7 Å². The summed E-state index contributed by atoms with van der Waals surface area (Å²) in [6, 6.07) is 8.82. The van der Waals surface area contributed by atoms with Crippen molar-refractivity contribution in [3.8, 4) is 0 Å². The molecule has 4 nitrogen and oxygen atoms in total. The number of nitrogens with one attached hydrogen (secondary N) is 1. The van der Waals surface area contributed by atoms with E-state index in [-0.39, 0.29) is 24.4 Å². The maximum atomic E-state index is 12.9. The molecule has 1 aromatic carbocycles. The van der Waals surface area contributed by atoms with Gasteiger partial charge in [0.2, 0.25) is 5.91 Å². The number of imidazole rings is 1. The molecule has 0 saturated heterocycles. The van der Waals surface area contributed by atoms with Crippen LogP contribution in [0.5, 0.6) is 0 Å². The van der Waals surface area contributed by atoms with Crippen LogP contribution in [0.2, 0.25) is 0 Å². The van der Waals surface area contributed by atoms with Gasteiger partial charge < -0.3 is 9.72 Å². The van der Waals surface area contributed by atoms with E-state index in [1.165, 1.54) is 18.2 Å². The van der Waals surface area contributed by atoms with Crippen LogP contribution in [0.4, 0.5) is 13.2 Å². The average Bonchev–Trinajstić information content (AvgIpc) is 2.93. The monoisotopic (exact) mass is 411 g/mol. The highest BCUT2D eigenvalue weighted by Gasteiger charge is 2.32. The van der Waals surface area contributed by atoms with Crippen LogP contribution in [-0.4, -0.2) is 15.3 Å². The van der Waals surface area contributed by atoms with E-state index >= 15 is 0 Å². The Kier molecular flexibility index (Phi) is 4.80. The van der Waals surface area contributed by atoms with Crippen molar-refractivity contribution in [3.63, 3.8) is 0 Å². The summed E-state index contributed by atoms with van der Waals surface area (Å²) >= 11 is 3.35. The lowest BCUT2D eigenvalue weighted by molar-refractivity contribution is -0.138. The molecule has 0 bridgehead atoms. The molecule has 8 heteroatoms. The molecule has 0 fully saturated rings. The van der Waals surface area contributed by atoms with E-state index in [0.29, 0.717) is 11.3 Å². The van der Waals surface area contributed by atoms with Crippen molar-refractivity contribution in [2.45, 2.75) is 19.1 Å². The minimum atomic E-state index is -4.45. The Morgan fingerprint density at radius 2 is 1.92 bits per heavy atom. The summed E-state index contributed by atoms with van der Waals surface area (Å²) in [4.78, 5) is 16.3. The molecule has 0 aliphatic rings. The van der Waals surface area contributed by atoms with Gasteiger partial charge in [0, 0.05) is 23.4 Å². The zero-order valence-electron chi connectivity index (χ0n) is 12.8. The largest absolute Gasteiger partial charge is 0.416 e. The molecule has 1 amide bonds. The SMILES string of the molecule is O=C(Cc1cn2cc(Br)ccc2n1)NCc1ccccc1C(F)(F)F. The van der Waals surface area contributed by atoms with Crippen LogP contribution in [0.25, 0.3) is 5.65 Å². The van der Waals surface area contributed by atoms with E-state index in [1.807, 2.05) is 12.3 Å². The molecule has 0 aliphatic carbocycles. The quantitative estimate of drug-likeness (QED) is 0.705. The van der Waals surface area contributed by atoms with Gasteiger partial charge in [0.05, 0.1) is 17.7 Å². The van der Waals surface area contributed by atoms with Crippen molar-refractivity contribution in [1.29, 1.82) is 0 Å². The molecule has 0 radical (unpaired) electrons. The second-order valence-corrected chi connectivity index (χ2v) is 6.37. The number of alkyl halides is 3. The minimum Gasteiger partial charge on any atom is -0.352 e. The highest BCUT2D eigenvalue weighted by atomic mass is 79.9. The second-order valence-electron chi connectivity index (χ2n) is 5.45.